The Morgan fingerprint density at radius 1 is 1.12 bits per heavy atom. The molecular formula is C16H14ClF2NO3S. The number of amides is 1. The molecular weight excluding hydrogens is 360 g/mol. The van der Waals surface area contributed by atoms with Gasteiger partial charge in [0.05, 0.1) is 9.92 Å². The lowest BCUT2D eigenvalue weighted by Gasteiger charge is -2.21. The van der Waals surface area contributed by atoms with Crippen LogP contribution in [-0.4, -0.2) is 27.1 Å². The topological polar surface area (TPSA) is 54.5 Å². The van der Waals surface area contributed by atoms with Crippen LogP contribution in [0.25, 0.3) is 0 Å². The maximum Gasteiger partial charge on any atom is 0.258 e. The standard InChI is InChI=1S/C16H14ClF2NO3S/c1-3-20(11-5-7-13(18)14(19)9-11)16(21)10-4-6-12(17)15(8-10)24(2,22)23/h4-9H,3H2,1-2H3. The van der Waals surface area contributed by atoms with Gasteiger partial charge in [-0.05, 0) is 37.3 Å². The zero-order valence-corrected chi connectivity index (χ0v) is 14.5. The number of benzene rings is 2. The van der Waals surface area contributed by atoms with Gasteiger partial charge in [-0.15, -0.1) is 0 Å². The number of hydrogen-bond donors (Lipinski definition) is 0. The van der Waals surface area contributed by atoms with Gasteiger partial charge in [0, 0.05) is 30.1 Å². The highest BCUT2D eigenvalue weighted by atomic mass is 35.5. The molecule has 24 heavy (non-hydrogen) atoms. The zero-order chi connectivity index (χ0) is 18.1. The molecule has 2 aromatic carbocycles. The number of carbonyl (C=O) groups is 1. The van der Waals surface area contributed by atoms with Crippen molar-refractivity contribution in [2.75, 3.05) is 17.7 Å². The molecule has 0 aliphatic heterocycles. The number of hydrogen-bond acceptors (Lipinski definition) is 3. The third kappa shape index (κ3) is 3.73. The Hall–Kier alpha value is -1.99. The van der Waals surface area contributed by atoms with Crippen LogP contribution >= 0.6 is 11.6 Å². The van der Waals surface area contributed by atoms with Crippen molar-refractivity contribution in [3.05, 3.63) is 58.6 Å². The molecule has 2 aromatic rings. The first-order chi connectivity index (χ1) is 11.1. The summed E-state index contributed by atoms with van der Waals surface area (Å²) in [5.74, 6) is -2.65. The lowest BCUT2D eigenvalue weighted by Crippen LogP contribution is -2.30. The second kappa shape index (κ2) is 6.86. The van der Waals surface area contributed by atoms with Crippen LogP contribution in [0.4, 0.5) is 14.5 Å². The molecule has 0 aliphatic rings. The molecule has 0 unspecified atom stereocenters. The van der Waals surface area contributed by atoms with E-state index in [1.54, 1.807) is 6.92 Å². The van der Waals surface area contributed by atoms with Crippen molar-refractivity contribution in [2.24, 2.45) is 0 Å². The van der Waals surface area contributed by atoms with Gasteiger partial charge in [0.1, 0.15) is 0 Å². The molecule has 8 heteroatoms. The van der Waals surface area contributed by atoms with Crippen LogP contribution in [0.3, 0.4) is 0 Å². The van der Waals surface area contributed by atoms with Crippen LogP contribution in [0.15, 0.2) is 41.3 Å². The van der Waals surface area contributed by atoms with Crippen molar-refractivity contribution in [1.82, 2.24) is 0 Å². The fraction of sp³-hybridized carbons (Fsp3) is 0.188. The molecule has 0 heterocycles. The summed E-state index contributed by atoms with van der Waals surface area (Å²) in [5.41, 5.74) is 0.240. The maximum absolute atomic E-state index is 13.4. The Bertz CT molecular complexity index is 900. The molecule has 0 saturated heterocycles. The van der Waals surface area contributed by atoms with Crippen molar-refractivity contribution in [2.45, 2.75) is 11.8 Å². The first-order valence-electron chi connectivity index (χ1n) is 6.91. The van der Waals surface area contributed by atoms with Crippen LogP contribution in [0.1, 0.15) is 17.3 Å². The highest BCUT2D eigenvalue weighted by Gasteiger charge is 2.21. The molecule has 0 saturated carbocycles. The van der Waals surface area contributed by atoms with E-state index < -0.39 is 27.4 Å². The van der Waals surface area contributed by atoms with Crippen molar-refractivity contribution in [3.8, 4) is 0 Å². The highest BCUT2D eigenvalue weighted by Crippen LogP contribution is 2.25. The minimum atomic E-state index is -3.61. The summed E-state index contributed by atoms with van der Waals surface area (Å²) in [5, 5.41) is 0.00456. The summed E-state index contributed by atoms with van der Waals surface area (Å²) < 4.78 is 49.9. The van der Waals surface area contributed by atoms with E-state index in [1.165, 1.54) is 29.2 Å². The number of carbonyl (C=O) groups excluding carboxylic acids is 1. The average molecular weight is 374 g/mol. The molecule has 2 rings (SSSR count). The van der Waals surface area contributed by atoms with Gasteiger partial charge in [-0.1, -0.05) is 11.6 Å². The molecule has 0 N–H and O–H groups in total. The van der Waals surface area contributed by atoms with Crippen LogP contribution in [0, 0.1) is 11.6 Å². The third-order valence-electron chi connectivity index (χ3n) is 3.35. The van der Waals surface area contributed by atoms with Crippen molar-refractivity contribution in [3.63, 3.8) is 0 Å². The SMILES string of the molecule is CCN(C(=O)c1ccc(Cl)c(S(C)(=O)=O)c1)c1ccc(F)c(F)c1. The minimum Gasteiger partial charge on any atom is -0.309 e. The fourth-order valence-electron chi connectivity index (χ4n) is 2.17. The van der Waals surface area contributed by atoms with Gasteiger partial charge >= 0.3 is 0 Å². The number of nitrogens with zero attached hydrogens (tertiary/aromatic N) is 1. The second-order valence-corrected chi connectivity index (χ2v) is 7.46. The Morgan fingerprint density at radius 3 is 2.33 bits per heavy atom. The van der Waals surface area contributed by atoms with E-state index in [4.69, 9.17) is 11.6 Å². The average Bonchev–Trinajstić information content (AvgIpc) is 2.50. The summed E-state index contributed by atoms with van der Waals surface area (Å²) in [6.45, 7) is 1.84. The van der Waals surface area contributed by atoms with Gasteiger partial charge in [-0.3, -0.25) is 4.79 Å². The Balaban J connectivity index is 2.47. The second-order valence-electron chi connectivity index (χ2n) is 5.07. The van der Waals surface area contributed by atoms with E-state index in [0.29, 0.717) is 0 Å². The van der Waals surface area contributed by atoms with Crippen molar-refractivity contribution < 1.29 is 22.0 Å². The van der Waals surface area contributed by atoms with E-state index in [1.807, 2.05) is 0 Å². The molecule has 0 bridgehead atoms. The van der Waals surface area contributed by atoms with Crippen LogP contribution < -0.4 is 4.90 Å². The van der Waals surface area contributed by atoms with Crippen LogP contribution in [0.5, 0.6) is 0 Å². The minimum absolute atomic E-state index is 0.00456. The number of rotatable bonds is 4. The third-order valence-corrected chi connectivity index (χ3v) is 4.93. The van der Waals surface area contributed by atoms with E-state index in [0.717, 1.165) is 18.4 Å². The normalized spacial score (nSPS) is 11.4. The smallest absolute Gasteiger partial charge is 0.258 e. The summed E-state index contributed by atoms with van der Waals surface area (Å²) >= 11 is 5.86. The largest absolute Gasteiger partial charge is 0.309 e. The van der Waals surface area contributed by atoms with Crippen LogP contribution in [0.2, 0.25) is 5.02 Å². The number of anilines is 1. The van der Waals surface area contributed by atoms with E-state index in [-0.39, 0.29) is 27.7 Å². The quantitative estimate of drug-likeness (QED) is 0.821. The monoisotopic (exact) mass is 373 g/mol. The molecule has 1 amide bonds. The first-order valence-corrected chi connectivity index (χ1v) is 9.18. The Morgan fingerprint density at radius 2 is 1.79 bits per heavy atom. The number of sulfone groups is 1. The zero-order valence-electron chi connectivity index (χ0n) is 12.9. The lowest BCUT2D eigenvalue weighted by atomic mass is 10.1. The maximum atomic E-state index is 13.4. The Kier molecular flexibility index (Phi) is 5.25. The molecule has 4 nitrogen and oxygen atoms in total. The molecule has 0 fully saturated rings. The van der Waals surface area contributed by atoms with E-state index in [9.17, 15) is 22.0 Å². The highest BCUT2D eigenvalue weighted by molar-refractivity contribution is 7.90. The molecule has 128 valence electrons. The van der Waals surface area contributed by atoms with Gasteiger partial charge < -0.3 is 4.90 Å². The van der Waals surface area contributed by atoms with Gasteiger partial charge in [-0.25, -0.2) is 17.2 Å². The lowest BCUT2D eigenvalue weighted by molar-refractivity contribution is 0.0988. The van der Waals surface area contributed by atoms with Gasteiger partial charge in [0.25, 0.3) is 5.91 Å². The van der Waals surface area contributed by atoms with Crippen molar-refractivity contribution >= 4 is 33.0 Å². The van der Waals surface area contributed by atoms with Gasteiger partial charge in [-0.2, -0.15) is 0 Å². The van der Waals surface area contributed by atoms with E-state index >= 15 is 0 Å². The fourth-order valence-corrected chi connectivity index (χ4v) is 3.47. The number of halogens is 3. The summed E-state index contributed by atoms with van der Waals surface area (Å²) in [6.07, 6.45) is 0.982. The molecule has 0 spiro atoms. The van der Waals surface area contributed by atoms with Gasteiger partial charge in [0.2, 0.25) is 0 Å². The molecule has 0 atom stereocenters. The van der Waals surface area contributed by atoms with E-state index in [2.05, 4.69) is 0 Å². The summed E-state index contributed by atoms with van der Waals surface area (Å²) in [6, 6.07) is 6.95. The summed E-state index contributed by atoms with van der Waals surface area (Å²) in [7, 11) is -3.61. The van der Waals surface area contributed by atoms with Crippen molar-refractivity contribution in [1.29, 1.82) is 0 Å². The van der Waals surface area contributed by atoms with Crippen LogP contribution in [-0.2, 0) is 9.84 Å². The molecule has 0 aliphatic carbocycles. The summed E-state index contributed by atoms with van der Waals surface area (Å²) in [4.78, 5) is 13.7. The predicted molar refractivity (Wildman–Crippen MR) is 88.3 cm³/mol. The van der Waals surface area contributed by atoms with Gasteiger partial charge in [0.15, 0.2) is 21.5 Å². The molecule has 0 aromatic heterocycles. The Labute approximate surface area is 143 Å². The molecule has 0 radical (unpaired) electrons. The first kappa shape index (κ1) is 18.4. The predicted octanol–water partition coefficient (Wildman–Crippen LogP) is 3.69.